The maximum absolute atomic E-state index is 12.3. The van der Waals surface area contributed by atoms with Gasteiger partial charge in [-0.05, 0) is 24.4 Å². The molecule has 10 heteroatoms. The molecular formula is C15H14N6OS3. The number of amides is 1. The van der Waals surface area contributed by atoms with Crippen molar-refractivity contribution in [3.63, 3.8) is 0 Å². The maximum Gasteiger partial charge on any atom is 0.260 e. The SMILES string of the molecule is C=CCn1c(Cc2csc(NC(=O)c3ccc[nH]c3=S)n2)n[nH]c1=S. The third-order valence-electron chi connectivity index (χ3n) is 3.32. The van der Waals surface area contributed by atoms with Gasteiger partial charge in [-0.25, -0.2) is 4.98 Å². The zero-order chi connectivity index (χ0) is 17.8. The molecular weight excluding hydrogens is 376 g/mol. The number of carbonyl (C=O) groups excluding carboxylic acids is 1. The molecule has 3 N–H and O–H groups in total. The first kappa shape index (κ1) is 17.4. The van der Waals surface area contributed by atoms with Crippen molar-refractivity contribution in [2.75, 3.05) is 5.32 Å². The lowest BCUT2D eigenvalue weighted by molar-refractivity contribution is 0.102. The molecule has 3 aromatic heterocycles. The number of nitrogens with one attached hydrogen (secondary N) is 3. The Bertz CT molecular complexity index is 1030. The number of anilines is 1. The van der Waals surface area contributed by atoms with Crippen molar-refractivity contribution in [1.29, 1.82) is 0 Å². The third-order valence-corrected chi connectivity index (χ3v) is 4.78. The van der Waals surface area contributed by atoms with E-state index in [1.165, 1.54) is 11.3 Å². The van der Waals surface area contributed by atoms with Gasteiger partial charge in [0.25, 0.3) is 5.91 Å². The molecule has 0 unspecified atom stereocenters. The van der Waals surface area contributed by atoms with E-state index in [1.54, 1.807) is 24.4 Å². The molecule has 0 aliphatic carbocycles. The average Bonchev–Trinajstić information content (AvgIpc) is 3.17. The summed E-state index contributed by atoms with van der Waals surface area (Å²) in [7, 11) is 0. The molecule has 0 saturated carbocycles. The van der Waals surface area contributed by atoms with Crippen LogP contribution in [-0.4, -0.2) is 30.6 Å². The van der Waals surface area contributed by atoms with Gasteiger partial charge in [0.15, 0.2) is 9.90 Å². The van der Waals surface area contributed by atoms with Crippen LogP contribution in [-0.2, 0) is 13.0 Å². The zero-order valence-corrected chi connectivity index (χ0v) is 15.4. The number of pyridine rings is 1. The second kappa shape index (κ2) is 7.64. The molecule has 0 fully saturated rings. The molecule has 0 radical (unpaired) electrons. The number of hydrogen-bond acceptors (Lipinski definition) is 6. The van der Waals surface area contributed by atoms with Gasteiger partial charge in [0.05, 0.1) is 17.7 Å². The first-order chi connectivity index (χ1) is 12.1. The number of nitrogens with zero attached hydrogens (tertiary/aromatic N) is 3. The highest BCUT2D eigenvalue weighted by Crippen LogP contribution is 2.18. The van der Waals surface area contributed by atoms with Crippen molar-refractivity contribution >= 4 is 46.8 Å². The Hall–Kier alpha value is -2.43. The molecule has 0 atom stereocenters. The van der Waals surface area contributed by atoms with Crippen molar-refractivity contribution in [1.82, 2.24) is 24.7 Å². The number of allylic oxidation sites excluding steroid dienone is 1. The minimum atomic E-state index is -0.294. The lowest BCUT2D eigenvalue weighted by Crippen LogP contribution is -2.12. The van der Waals surface area contributed by atoms with Gasteiger partial charge in [0.1, 0.15) is 10.5 Å². The number of thiazole rings is 1. The molecule has 25 heavy (non-hydrogen) atoms. The summed E-state index contributed by atoms with van der Waals surface area (Å²) < 4.78 is 2.78. The first-order valence-electron chi connectivity index (χ1n) is 7.27. The Morgan fingerprint density at radius 2 is 2.32 bits per heavy atom. The standard InChI is InChI=1S/C15H14N6OS3/c1-2-6-21-11(19-20-15(21)24)7-9-8-25-14(17-9)18-12(22)10-4-3-5-16-13(10)23/h2-5,8H,1,6-7H2,(H,16,23)(H,20,24)(H,17,18,22). The summed E-state index contributed by atoms with van der Waals surface area (Å²) in [6.07, 6.45) is 3.93. The van der Waals surface area contributed by atoms with Crippen molar-refractivity contribution in [2.45, 2.75) is 13.0 Å². The number of hydrogen-bond donors (Lipinski definition) is 3. The van der Waals surface area contributed by atoms with Crippen LogP contribution in [0.15, 0.2) is 36.4 Å². The first-order valence-corrected chi connectivity index (χ1v) is 8.96. The van der Waals surface area contributed by atoms with Gasteiger partial charge < -0.3 is 4.98 Å². The zero-order valence-electron chi connectivity index (χ0n) is 13.0. The summed E-state index contributed by atoms with van der Waals surface area (Å²) in [4.78, 5) is 19.5. The summed E-state index contributed by atoms with van der Waals surface area (Å²) in [6, 6.07) is 3.38. The maximum atomic E-state index is 12.3. The molecule has 0 aliphatic rings. The minimum Gasteiger partial charge on any atom is -0.352 e. The Labute approximate surface area is 157 Å². The normalized spacial score (nSPS) is 10.6. The number of rotatable bonds is 6. The highest BCUT2D eigenvalue weighted by Gasteiger charge is 2.12. The number of carbonyl (C=O) groups is 1. The van der Waals surface area contributed by atoms with Gasteiger partial charge in [-0.3, -0.25) is 19.8 Å². The summed E-state index contributed by atoms with van der Waals surface area (Å²) in [6.45, 7) is 4.29. The number of H-pyrrole nitrogens is 2. The van der Waals surface area contributed by atoms with Crippen molar-refractivity contribution in [3.05, 3.63) is 62.9 Å². The molecule has 3 rings (SSSR count). The summed E-state index contributed by atoms with van der Waals surface area (Å²) >= 11 is 11.6. The van der Waals surface area contributed by atoms with E-state index < -0.39 is 0 Å². The van der Waals surface area contributed by atoms with Crippen LogP contribution in [0.3, 0.4) is 0 Å². The molecule has 0 spiro atoms. The second-order valence-corrected chi connectivity index (χ2v) is 6.69. The van der Waals surface area contributed by atoms with E-state index in [-0.39, 0.29) is 5.91 Å². The molecule has 128 valence electrons. The van der Waals surface area contributed by atoms with Gasteiger partial charge in [0.2, 0.25) is 0 Å². The molecule has 0 saturated heterocycles. The Morgan fingerprint density at radius 1 is 1.48 bits per heavy atom. The van der Waals surface area contributed by atoms with Crippen LogP contribution in [0.4, 0.5) is 5.13 Å². The van der Waals surface area contributed by atoms with E-state index in [2.05, 4.69) is 32.1 Å². The van der Waals surface area contributed by atoms with Gasteiger partial charge in [-0.1, -0.05) is 18.3 Å². The van der Waals surface area contributed by atoms with E-state index in [1.807, 2.05) is 9.95 Å². The Balaban J connectivity index is 1.74. The monoisotopic (exact) mass is 390 g/mol. The fourth-order valence-corrected chi connectivity index (χ4v) is 3.33. The van der Waals surface area contributed by atoms with Gasteiger partial charge >= 0.3 is 0 Å². The highest BCUT2D eigenvalue weighted by molar-refractivity contribution is 7.71. The molecule has 1 amide bonds. The third kappa shape index (κ3) is 3.98. The van der Waals surface area contributed by atoms with E-state index in [4.69, 9.17) is 24.4 Å². The highest BCUT2D eigenvalue weighted by atomic mass is 32.1. The van der Waals surface area contributed by atoms with E-state index >= 15 is 0 Å². The van der Waals surface area contributed by atoms with Crippen LogP contribution in [0, 0.1) is 9.41 Å². The van der Waals surface area contributed by atoms with Crippen LogP contribution in [0.1, 0.15) is 21.9 Å². The minimum absolute atomic E-state index is 0.294. The molecule has 7 nitrogen and oxygen atoms in total. The van der Waals surface area contributed by atoms with E-state index in [0.717, 1.165) is 11.5 Å². The summed E-state index contributed by atoms with van der Waals surface area (Å²) in [5.41, 5.74) is 1.19. The van der Waals surface area contributed by atoms with Crippen LogP contribution in [0.25, 0.3) is 0 Å². The van der Waals surface area contributed by atoms with Gasteiger partial charge in [-0.2, -0.15) is 5.10 Å². The fraction of sp³-hybridized carbons (Fsp3) is 0.133. The fourth-order valence-electron chi connectivity index (χ4n) is 2.18. The van der Waals surface area contributed by atoms with Crippen LogP contribution < -0.4 is 5.32 Å². The van der Waals surface area contributed by atoms with E-state index in [9.17, 15) is 4.79 Å². The molecule has 3 heterocycles. The van der Waals surface area contributed by atoms with Gasteiger partial charge in [0, 0.05) is 18.1 Å². The molecule has 0 aliphatic heterocycles. The van der Waals surface area contributed by atoms with Gasteiger partial charge in [-0.15, -0.1) is 17.9 Å². The molecule has 0 bridgehead atoms. The molecule has 3 aromatic rings. The Morgan fingerprint density at radius 3 is 3.08 bits per heavy atom. The van der Waals surface area contributed by atoms with Crippen LogP contribution >= 0.6 is 35.8 Å². The van der Waals surface area contributed by atoms with E-state index in [0.29, 0.717) is 33.1 Å². The van der Waals surface area contributed by atoms with Crippen molar-refractivity contribution < 1.29 is 4.79 Å². The lowest BCUT2D eigenvalue weighted by Gasteiger charge is -2.02. The smallest absolute Gasteiger partial charge is 0.260 e. The van der Waals surface area contributed by atoms with Crippen molar-refractivity contribution in [3.8, 4) is 0 Å². The number of aromatic amines is 2. The topological polar surface area (TPSA) is 91.4 Å². The Kier molecular flexibility index (Phi) is 5.31. The summed E-state index contributed by atoms with van der Waals surface area (Å²) in [5.74, 6) is 0.468. The lowest BCUT2D eigenvalue weighted by atomic mass is 10.3. The predicted molar refractivity (Wildman–Crippen MR) is 102 cm³/mol. The summed E-state index contributed by atoms with van der Waals surface area (Å²) in [5, 5.41) is 12.1. The predicted octanol–water partition coefficient (Wildman–Crippen LogP) is 3.48. The average molecular weight is 391 g/mol. The number of aromatic nitrogens is 5. The second-order valence-electron chi connectivity index (χ2n) is 5.03. The largest absolute Gasteiger partial charge is 0.352 e. The molecule has 0 aromatic carbocycles. The van der Waals surface area contributed by atoms with Crippen LogP contribution in [0.2, 0.25) is 0 Å². The quantitative estimate of drug-likeness (QED) is 0.443. The van der Waals surface area contributed by atoms with Crippen molar-refractivity contribution in [2.24, 2.45) is 0 Å². The van der Waals surface area contributed by atoms with Crippen LogP contribution in [0.5, 0.6) is 0 Å².